The molecular formula is C62H79FN14O13S2. The van der Waals surface area contributed by atoms with Crippen LogP contribution in [0.4, 0.5) is 4.39 Å². The first-order valence-electron chi connectivity index (χ1n) is 30.2. The lowest BCUT2D eigenvalue weighted by molar-refractivity contribution is -0.147. The average molecular weight is 1310 g/mol. The second kappa shape index (κ2) is 33.9. The molecule has 494 valence electrons. The molecule has 8 atom stereocenters. The average Bonchev–Trinajstić information content (AvgIpc) is 1.58. The molecule has 10 amide bonds. The van der Waals surface area contributed by atoms with E-state index in [1.165, 1.54) is 97.4 Å². The van der Waals surface area contributed by atoms with Crippen LogP contribution in [0.15, 0.2) is 85.5 Å². The van der Waals surface area contributed by atoms with Crippen LogP contribution in [0.2, 0.25) is 0 Å². The van der Waals surface area contributed by atoms with Crippen molar-refractivity contribution in [1.29, 1.82) is 0 Å². The van der Waals surface area contributed by atoms with Crippen molar-refractivity contribution in [1.82, 2.24) is 62.4 Å². The number of thioether (sulfide) groups is 2. The number of aromatic nitrogens is 3. The lowest BCUT2D eigenvalue weighted by Crippen LogP contribution is -2.63. The van der Waals surface area contributed by atoms with Gasteiger partial charge in [0.15, 0.2) is 0 Å². The number of benzene rings is 3. The summed E-state index contributed by atoms with van der Waals surface area (Å²) in [6.07, 6.45) is 3.74. The quantitative estimate of drug-likeness (QED) is 0.0681. The van der Waals surface area contributed by atoms with Gasteiger partial charge in [0.2, 0.25) is 59.1 Å². The number of imidazole rings is 1. The predicted octanol–water partition coefficient (Wildman–Crippen LogP) is 0.724. The monoisotopic (exact) mass is 1310 g/mol. The molecule has 2 aromatic heterocycles. The van der Waals surface area contributed by atoms with E-state index in [0.717, 1.165) is 11.1 Å². The summed E-state index contributed by atoms with van der Waals surface area (Å²) in [7, 11) is 0. The second-order valence-electron chi connectivity index (χ2n) is 22.8. The van der Waals surface area contributed by atoms with Crippen molar-refractivity contribution in [3.8, 4) is 5.75 Å². The highest BCUT2D eigenvalue weighted by molar-refractivity contribution is 7.98. The Morgan fingerprint density at radius 1 is 0.739 bits per heavy atom. The summed E-state index contributed by atoms with van der Waals surface area (Å²) in [4.78, 5) is 165. The van der Waals surface area contributed by atoms with Crippen molar-refractivity contribution >= 4 is 99.5 Å². The molecule has 92 heavy (non-hydrogen) atoms. The van der Waals surface area contributed by atoms with E-state index in [1.54, 1.807) is 6.07 Å². The molecule has 1 saturated heterocycles. The number of unbranched alkanes of at least 4 members (excludes halogenated alkanes) is 1. The van der Waals surface area contributed by atoms with Gasteiger partial charge in [0, 0.05) is 84.2 Å². The van der Waals surface area contributed by atoms with Crippen LogP contribution in [0.5, 0.6) is 5.75 Å². The van der Waals surface area contributed by atoms with E-state index in [4.69, 9.17) is 11.5 Å². The van der Waals surface area contributed by atoms with E-state index in [1.807, 2.05) is 24.3 Å². The molecule has 0 radical (unpaired) electrons. The number of aliphatic carboxylic acids is 1. The Bertz CT molecular complexity index is 3470. The van der Waals surface area contributed by atoms with Gasteiger partial charge < -0.3 is 79.1 Å². The number of nitrogens with one attached hydrogen (secondary N) is 10. The summed E-state index contributed by atoms with van der Waals surface area (Å²) in [5.74, 6) is -9.41. The smallest absolute Gasteiger partial charge is 0.305 e. The number of fused-ring (bicyclic) bond motifs is 4. The second-order valence-corrected chi connectivity index (χ2v) is 24.9. The predicted molar refractivity (Wildman–Crippen MR) is 340 cm³/mol. The summed E-state index contributed by atoms with van der Waals surface area (Å²) in [6.45, 7) is 2.69. The largest absolute Gasteiger partial charge is 0.508 e. The van der Waals surface area contributed by atoms with Crippen LogP contribution in [-0.2, 0) is 83.5 Å². The van der Waals surface area contributed by atoms with Gasteiger partial charge in [-0.1, -0.05) is 43.3 Å². The number of carbonyl (C=O) groups is 11. The minimum atomic E-state index is -1.92. The number of phenols is 1. The molecule has 0 aliphatic carbocycles. The Kier molecular flexibility index (Phi) is 25.9. The molecule has 4 heterocycles. The third kappa shape index (κ3) is 20.2. The van der Waals surface area contributed by atoms with Crippen molar-refractivity contribution in [2.45, 2.75) is 144 Å². The first-order valence-corrected chi connectivity index (χ1v) is 32.5. The van der Waals surface area contributed by atoms with E-state index in [2.05, 4.69) is 57.5 Å². The Labute approximate surface area is 538 Å². The third-order valence-electron chi connectivity index (χ3n) is 15.8. The number of aromatic hydroxyl groups is 1. The number of nitrogens with zero attached hydrogens (tertiary/aromatic N) is 2. The maximum Gasteiger partial charge on any atom is 0.305 e. The zero-order chi connectivity index (χ0) is 66.5. The van der Waals surface area contributed by atoms with Gasteiger partial charge in [-0.25, -0.2) is 9.37 Å². The molecule has 16 N–H and O–H groups in total. The minimum Gasteiger partial charge on any atom is -0.508 e. The van der Waals surface area contributed by atoms with Crippen LogP contribution in [0.25, 0.3) is 10.9 Å². The number of phenolic OH excluding ortho intramolecular Hbond substituents is 1. The number of primary amides is 1. The maximum atomic E-state index is 15.1. The van der Waals surface area contributed by atoms with E-state index >= 15 is 4.79 Å². The molecule has 0 saturated carbocycles. The minimum absolute atomic E-state index is 0.0340. The number of halogens is 1. The number of H-pyrrole nitrogens is 2. The van der Waals surface area contributed by atoms with Crippen LogP contribution in [0.3, 0.4) is 0 Å². The maximum absolute atomic E-state index is 15.1. The molecule has 0 spiro atoms. The van der Waals surface area contributed by atoms with Gasteiger partial charge in [-0.3, -0.25) is 52.7 Å². The fraction of sp³-hybridized carbons (Fsp3) is 0.452. The van der Waals surface area contributed by atoms with Crippen molar-refractivity contribution in [3.05, 3.63) is 119 Å². The normalized spacial score (nSPS) is 23.7. The molecule has 27 nitrogen and oxygen atoms in total. The van der Waals surface area contributed by atoms with Gasteiger partial charge >= 0.3 is 5.97 Å². The summed E-state index contributed by atoms with van der Waals surface area (Å²) < 4.78 is 14.6. The van der Waals surface area contributed by atoms with Crippen LogP contribution < -0.4 is 54.0 Å². The molecule has 5 aromatic rings. The number of carboxylic acid groups (broad SMARTS) is 1. The summed E-state index contributed by atoms with van der Waals surface area (Å²) in [6, 6.07) is 7.13. The Morgan fingerprint density at radius 3 is 2.11 bits per heavy atom. The van der Waals surface area contributed by atoms with Gasteiger partial charge in [-0.05, 0) is 105 Å². The number of amides is 10. The van der Waals surface area contributed by atoms with Crippen molar-refractivity contribution in [3.63, 3.8) is 0 Å². The molecular weight excluding hydrogens is 1230 g/mol. The number of hydrogen-bond acceptors (Lipinski definition) is 16. The first kappa shape index (κ1) is 70.4. The summed E-state index contributed by atoms with van der Waals surface area (Å²) >= 11 is 2.81. The number of aromatic amines is 2. The lowest BCUT2D eigenvalue weighted by atomic mass is 9.95. The summed E-state index contributed by atoms with van der Waals surface area (Å²) in [5, 5.41) is 41.7. The number of carbonyl (C=O) groups excluding carboxylic acids is 10. The Morgan fingerprint density at radius 2 is 1.41 bits per heavy atom. The molecule has 2 bridgehead atoms. The van der Waals surface area contributed by atoms with E-state index in [0.29, 0.717) is 70.8 Å². The summed E-state index contributed by atoms with van der Waals surface area (Å²) in [5.41, 5.74) is 13.4. The van der Waals surface area contributed by atoms with E-state index in [9.17, 15) is 62.5 Å². The fourth-order valence-electron chi connectivity index (χ4n) is 10.8. The zero-order valence-corrected chi connectivity index (χ0v) is 52.6. The molecule has 30 heteroatoms. The van der Waals surface area contributed by atoms with Crippen molar-refractivity contribution < 1.29 is 67.3 Å². The Balaban J connectivity index is 1.19. The highest BCUT2D eigenvalue weighted by Gasteiger charge is 2.48. The van der Waals surface area contributed by atoms with Gasteiger partial charge in [-0.15, -0.1) is 0 Å². The van der Waals surface area contributed by atoms with Gasteiger partial charge in [0.05, 0.1) is 19.3 Å². The van der Waals surface area contributed by atoms with Gasteiger partial charge in [0.1, 0.15) is 59.4 Å². The standard InChI is InChI=1S/C62H79FN14O13S2/c1-3-43-56(85)74-48(27-53(81)82)59(88)73-47(26-40-29-66-34-69-40)58(87)75-49(23-35-9-7-12-41(78)22-35)60(89)77-19-8-17-62(77,2)61(90)76-50(54(65)83)33-92-32-37-11-6-10-36(21-37)31-91-20-16-51(79)70-45(13-4-5-18-64)55(84)68-30-52(80)71-46(57(86)72-43)24-38-28-67-44-15-14-39(63)25-42(38)44/h6-7,9-12,14-15,21-22,25,28-29,34,43,45-50,67,78H,3-5,8,13,16-20,23-24,26-27,30-33,64H2,1-2H3,(H2,65,83)(H,66,69)(H,68,84)(H,70,79)(H,71,80)(H,72,86)(H,73,88)(H,74,85)(H,75,87)(H,76,90)(H,81,82)/t43-,45-,46-,47-,48-,49-,50-,62-/m0/s1. The Hall–Kier alpha value is -9.03. The zero-order valence-electron chi connectivity index (χ0n) is 51.0. The van der Waals surface area contributed by atoms with Crippen LogP contribution >= 0.6 is 23.5 Å². The lowest BCUT2D eigenvalue weighted by Gasteiger charge is -2.37. The van der Waals surface area contributed by atoms with Gasteiger partial charge in [-0.2, -0.15) is 23.5 Å². The highest BCUT2D eigenvalue weighted by atomic mass is 32.2. The number of carboxylic acids is 1. The van der Waals surface area contributed by atoms with Crippen molar-refractivity contribution in [2.24, 2.45) is 11.5 Å². The van der Waals surface area contributed by atoms with Crippen LogP contribution in [0, 0.1) is 5.82 Å². The molecule has 7 rings (SSSR count). The fourth-order valence-corrected chi connectivity index (χ4v) is 12.7. The van der Waals surface area contributed by atoms with Crippen molar-refractivity contribution in [2.75, 3.05) is 31.1 Å². The van der Waals surface area contributed by atoms with E-state index < -0.39 is 132 Å². The SMILES string of the molecule is CC[C@@H]1NC(=O)[C@H](Cc2c[nH]c3ccc(F)cc23)NC(=O)CNC(=O)[C@H](CCCCN)NC(=O)CCSCc2cccc(c2)CSC[C@@H](C(N)=O)NC(=O)[C@]2(C)CCCN2C(=O)[C@H](Cc2cccc(O)c2)NC(=O)[C@H](Cc2cnc[nH]2)NC(=O)[C@H](CC(=O)O)NC1=O. The third-order valence-corrected chi connectivity index (χ3v) is 17.9. The first-order chi connectivity index (χ1) is 44.0. The van der Waals surface area contributed by atoms with Crippen LogP contribution in [-0.4, -0.2) is 174 Å². The molecule has 2 aliphatic heterocycles. The molecule has 1 fully saturated rings. The number of hydrogen-bond donors (Lipinski definition) is 14. The highest BCUT2D eigenvalue weighted by Crippen LogP contribution is 2.31. The molecule has 2 aliphatic rings. The number of nitrogens with two attached hydrogens (primary N) is 2. The van der Waals surface area contributed by atoms with Crippen LogP contribution in [0.1, 0.15) is 93.2 Å². The number of rotatable bonds is 14. The molecule has 0 unspecified atom stereocenters. The molecule has 3 aromatic carbocycles. The van der Waals surface area contributed by atoms with Gasteiger partial charge in [0.25, 0.3) is 0 Å². The van der Waals surface area contributed by atoms with E-state index in [-0.39, 0.29) is 63.0 Å². The topological polar surface area (TPSA) is 424 Å².